The Morgan fingerprint density at radius 1 is 0.500 bits per heavy atom. The number of rotatable bonds is 33. The minimum absolute atomic E-state index is 0.0196. The van der Waals surface area contributed by atoms with E-state index in [0.717, 1.165) is 25.8 Å². The van der Waals surface area contributed by atoms with Crippen molar-refractivity contribution in [2.24, 2.45) is 0 Å². The second kappa shape index (κ2) is 34.2. The molecule has 42 heavy (non-hydrogen) atoms. The van der Waals surface area contributed by atoms with Crippen molar-refractivity contribution in [2.45, 2.75) is 213 Å². The van der Waals surface area contributed by atoms with Crippen molar-refractivity contribution < 1.29 is 9.59 Å². The normalized spacial score (nSPS) is 12.2. The molecule has 0 saturated carbocycles. The molecule has 0 fully saturated rings. The fourth-order valence-electron chi connectivity index (χ4n) is 5.63. The van der Waals surface area contributed by atoms with Crippen molar-refractivity contribution in [3.8, 4) is 0 Å². The van der Waals surface area contributed by atoms with E-state index in [0.29, 0.717) is 12.8 Å². The standard InChI is InChI=1S/C38H74N2O2/c1-4-7-9-11-13-15-17-19-21-22-24-26-28-30-32-34-37(41)40-36(6-3)38(42)39-35-33-31-29-27-25-23-20-18-16-14-12-10-8-5-2/h19,21,36H,4-18,20,22-35H2,1-3H3,(H,39,42)(H,40,41)/b21-19+. The molecule has 248 valence electrons. The van der Waals surface area contributed by atoms with Crippen molar-refractivity contribution >= 4 is 11.8 Å². The van der Waals surface area contributed by atoms with Crippen LogP contribution in [0.15, 0.2) is 12.2 Å². The first kappa shape index (κ1) is 40.7. The number of allylic oxidation sites excluding steroid dienone is 2. The number of hydrogen-bond acceptors (Lipinski definition) is 2. The van der Waals surface area contributed by atoms with Crippen LogP contribution in [0.3, 0.4) is 0 Å². The molecule has 2 N–H and O–H groups in total. The minimum Gasteiger partial charge on any atom is -0.354 e. The number of nitrogens with one attached hydrogen (secondary N) is 2. The van der Waals surface area contributed by atoms with Gasteiger partial charge in [0.25, 0.3) is 0 Å². The molecule has 0 saturated heterocycles. The lowest BCUT2D eigenvalue weighted by Gasteiger charge is -2.17. The molecule has 0 aliphatic carbocycles. The Labute approximate surface area is 263 Å². The molecule has 0 aliphatic rings. The van der Waals surface area contributed by atoms with Crippen LogP contribution < -0.4 is 10.6 Å². The molecule has 0 aromatic heterocycles. The SMILES string of the molecule is CCCCCCCC/C=C/CCCCCCCC(=O)NC(CC)C(=O)NCCCCCCCCCCCCCCCC. The molecule has 0 aromatic rings. The summed E-state index contributed by atoms with van der Waals surface area (Å²) in [5, 5.41) is 6.00. The molecular formula is C38H74N2O2. The van der Waals surface area contributed by atoms with Gasteiger partial charge in [0.1, 0.15) is 6.04 Å². The zero-order valence-electron chi connectivity index (χ0n) is 28.8. The maximum absolute atomic E-state index is 12.5. The molecule has 2 amide bonds. The van der Waals surface area contributed by atoms with Crippen molar-refractivity contribution in [1.29, 1.82) is 0 Å². The van der Waals surface area contributed by atoms with E-state index in [4.69, 9.17) is 0 Å². The maximum atomic E-state index is 12.5. The number of carbonyl (C=O) groups is 2. The number of hydrogen-bond donors (Lipinski definition) is 2. The zero-order valence-corrected chi connectivity index (χ0v) is 28.8. The van der Waals surface area contributed by atoms with E-state index in [1.165, 1.54) is 154 Å². The largest absolute Gasteiger partial charge is 0.354 e. The summed E-state index contributed by atoms with van der Waals surface area (Å²) in [5.41, 5.74) is 0. The van der Waals surface area contributed by atoms with Crippen LogP contribution in [-0.2, 0) is 9.59 Å². The van der Waals surface area contributed by atoms with Crippen LogP contribution in [-0.4, -0.2) is 24.4 Å². The number of amides is 2. The molecule has 4 heteroatoms. The number of unbranched alkanes of at least 4 members (excludes halogenated alkanes) is 24. The van der Waals surface area contributed by atoms with Gasteiger partial charge in [-0.1, -0.05) is 168 Å². The summed E-state index contributed by atoms with van der Waals surface area (Å²) in [6.45, 7) is 7.24. The predicted molar refractivity (Wildman–Crippen MR) is 185 cm³/mol. The summed E-state index contributed by atoms with van der Waals surface area (Å²) in [7, 11) is 0. The van der Waals surface area contributed by atoms with E-state index in [-0.39, 0.29) is 11.8 Å². The highest BCUT2D eigenvalue weighted by atomic mass is 16.2. The van der Waals surface area contributed by atoms with Crippen LogP contribution >= 0.6 is 0 Å². The van der Waals surface area contributed by atoms with Crippen LogP contribution in [0.5, 0.6) is 0 Å². The third-order valence-corrected chi connectivity index (χ3v) is 8.56. The van der Waals surface area contributed by atoms with Gasteiger partial charge in [0.05, 0.1) is 0 Å². The molecule has 0 bridgehead atoms. The van der Waals surface area contributed by atoms with Gasteiger partial charge in [-0.25, -0.2) is 0 Å². The van der Waals surface area contributed by atoms with Crippen LogP contribution in [0.25, 0.3) is 0 Å². The van der Waals surface area contributed by atoms with Gasteiger partial charge in [0, 0.05) is 13.0 Å². The first-order valence-electron chi connectivity index (χ1n) is 18.9. The molecule has 0 spiro atoms. The van der Waals surface area contributed by atoms with Crippen molar-refractivity contribution in [3.63, 3.8) is 0 Å². The van der Waals surface area contributed by atoms with Crippen molar-refractivity contribution in [3.05, 3.63) is 12.2 Å². The maximum Gasteiger partial charge on any atom is 0.242 e. The monoisotopic (exact) mass is 591 g/mol. The highest BCUT2D eigenvalue weighted by Crippen LogP contribution is 2.13. The molecular weight excluding hydrogens is 516 g/mol. The van der Waals surface area contributed by atoms with Gasteiger partial charge in [0.2, 0.25) is 11.8 Å². The summed E-state index contributed by atoms with van der Waals surface area (Å²) in [5.74, 6) is -0.00351. The number of carbonyl (C=O) groups excluding carboxylic acids is 2. The van der Waals surface area contributed by atoms with E-state index in [9.17, 15) is 9.59 Å². The lowest BCUT2D eigenvalue weighted by atomic mass is 10.0. The Morgan fingerprint density at radius 2 is 0.881 bits per heavy atom. The smallest absolute Gasteiger partial charge is 0.242 e. The Balaban J connectivity index is 3.56. The molecule has 0 aromatic carbocycles. The van der Waals surface area contributed by atoms with Gasteiger partial charge < -0.3 is 10.6 Å². The lowest BCUT2D eigenvalue weighted by molar-refractivity contribution is -0.129. The second-order valence-corrected chi connectivity index (χ2v) is 12.7. The molecule has 0 rings (SSSR count). The zero-order chi connectivity index (χ0) is 30.8. The average molecular weight is 591 g/mol. The molecule has 0 aliphatic heterocycles. The van der Waals surface area contributed by atoms with Gasteiger partial charge in [-0.05, 0) is 44.9 Å². The quantitative estimate of drug-likeness (QED) is 0.0590. The van der Waals surface area contributed by atoms with Crippen LogP contribution in [0.2, 0.25) is 0 Å². The summed E-state index contributed by atoms with van der Waals surface area (Å²) >= 11 is 0. The van der Waals surface area contributed by atoms with Crippen LogP contribution in [0, 0.1) is 0 Å². The summed E-state index contributed by atoms with van der Waals surface area (Å²) in [6.07, 6.45) is 40.9. The average Bonchev–Trinajstić information content (AvgIpc) is 2.99. The Bertz CT molecular complexity index is 604. The van der Waals surface area contributed by atoms with E-state index >= 15 is 0 Å². The van der Waals surface area contributed by atoms with E-state index < -0.39 is 6.04 Å². The third kappa shape index (κ3) is 30.1. The highest BCUT2D eigenvalue weighted by Gasteiger charge is 2.17. The van der Waals surface area contributed by atoms with Crippen LogP contribution in [0.1, 0.15) is 207 Å². The Hall–Kier alpha value is -1.32. The van der Waals surface area contributed by atoms with E-state index in [1.807, 2.05) is 6.92 Å². The van der Waals surface area contributed by atoms with Gasteiger partial charge in [-0.2, -0.15) is 0 Å². The fourth-order valence-corrected chi connectivity index (χ4v) is 5.63. The first-order chi connectivity index (χ1) is 20.7. The van der Waals surface area contributed by atoms with E-state index in [1.54, 1.807) is 0 Å². The molecule has 0 radical (unpaired) electrons. The van der Waals surface area contributed by atoms with Gasteiger partial charge >= 0.3 is 0 Å². The van der Waals surface area contributed by atoms with Gasteiger partial charge in [0.15, 0.2) is 0 Å². The highest BCUT2D eigenvalue weighted by molar-refractivity contribution is 5.87. The van der Waals surface area contributed by atoms with E-state index in [2.05, 4.69) is 36.6 Å². The van der Waals surface area contributed by atoms with Crippen molar-refractivity contribution in [2.75, 3.05) is 6.54 Å². The summed E-state index contributed by atoms with van der Waals surface area (Å²) in [6, 6.07) is -0.396. The van der Waals surface area contributed by atoms with Crippen LogP contribution in [0.4, 0.5) is 0 Å². The molecule has 4 nitrogen and oxygen atoms in total. The first-order valence-corrected chi connectivity index (χ1v) is 18.9. The Morgan fingerprint density at radius 3 is 1.31 bits per heavy atom. The Kier molecular flexibility index (Phi) is 33.1. The lowest BCUT2D eigenvalue weighted by Crippen LogP contribution is -2.46. The summed E-state index contributed by atoms with van der Waals surface area (Å²) < 4.78 is 0. The van der Waals surface area contributed by atoms with Crippen molar-refractivity contribution in [1.82, 2.24) is 10.6 Å². The fraction of sp³-hybridized carbons (Fsp3) is 0.895. The topological polar surface area (TPSA) is 58.2 Å². The van der Waals surface area contributed by atoms with Gasteiger partial charge in [-0.15, -0.1) is 0 Å². The minimum atomic E-state index is -0.396. The summed E-state index contributed by atoms with van der Waals surface area (Å²) in [4.78, 5) is 24.9. The molecule has 0 heterocycles. The molecule has 1 atom stereocenters. The van der Waals surface area contributed by atoms with Gasteiger partial charge in [-0.3, -0.25) is 9.59 Å². The third-order valence-electron chi connectivity index (χ3n) is 8.56. The second-order valence-electron chi connectivity index (χ2n) is 12.7. The predicted octanol–water partition coefficient (Wildman–Crippen LogP) is 11.5. The molecule has 1 unspecified atom stereocenters.